The molecule has 86 valence electrons. The van der Waals surface area contributed by atoms with E-state index in [0.717, 1.165) is 29.3 Å². The predicted molar refractivity (Wildman–Crippen MR) is 65.5 cm³/mol. The lowest BCUT2D eigenvalue weighted by molar-refractivity contribution is -0.385. The van der Waals surface area contributed by atoms with Gasteiger partial charge < -0.3 is 5.32 Å². The maximum Gasteiger partial charge on any atom is 0.273 e. The summed E-state index contributed by atoms with van der Waals surface area (Å²) in [7, 11) is 1.91. The maximum atomic E-state index is 10.9. The topological polar surface area (TPSA) is 55.2 Å². The SMILES string of the molecule is CNC1(Cc2ccc(Br)cc2[N+](=O)[O-])CC1. The van der Waals surface area contributed by atoms with E-state index in [9.17, 15) is 10.1 Å². The minimum Gasteiger partial charge on any atom is -0.314 e. The molecule has 1 fully saturated rings. The molecule has 1 saturated carbocycles. The summed E-state index contributed by atoms with van der Waals surface area (Å²) in [4.78, 5) is 10.6. The average molecular weight is 285 g/mol. The normalized spacial score (nSPS) is 17.1. The highest BCUT2D eigenvalue weighted by Gasteiger charge is 2.42. The molecule has 0 unspecified atom stereocenters. The number of nitrogens with zero attached hydrogens (tertiary/aromatic N) is 1. The monoisotopic (exact) mass is 284 g/mol. The van der Waals surface area contributed by atoms with Crippen molar-refractivity contribution in [3.05, 3.63) is 38.3 Å². The van der Waals surface area contributed by atoms with Gasteiger partial charge in [-0.25, -0.2) is 0 Å². The number of halogens is 1. The number of nitro benzene ring substituents is 1. The summed E-state index contributed by atoms with van der Waals surface area (Å²) in [6, 6.07) is 5.26. The number of likely N-dealkylation sites (N-methyl/N-ethyl adjacent to an activating group) is 1. The summed E-state index contributed by atoms with van der Waals surface area (Å²) >= 11 is 3.26. The Labute approximate surface area is 102 Å². The van der Waals surface area contributed by atoms with Crippen LogP contribution in [0.3, 0.4) is 0 Å². The van der Waals surface area contributed by atoms with Crippen molar-refractivity contribution in [2.75, 3.05) is 7.05 Å². The second-order valence-electron chi connectivity index (χ2n) is 4.24. The van der Waals surface area contributed by atoms with E-state index >= 15 is 0 Å². The zero-order valence-electron chi connectivity index (χ0n) is 9.00. The van der Waals surface area contributed by atoms with E-state index in [1.54, 1.807) is 6.07 Å². The molecular formula is C11H13BrN2O2. The summed E-state index contributed by atoms with van der Waals surface area (Å²) in [5.74, 6) is 0. The van der Waals surface area contributed by atoms with Crippen LogP contribution in [0.25, 0.3) is 0 Å². The van der Waals surface area contributed by atoms with Crippen molar-refractivity contribution in [3.8, 4) is 0 Å². The van der Waals surface area contributed by atoms with E-state index in [1.807, 2.05) is 19.2 Å². The summed E-state index contributed by atoms with van der Waals surface area (Å²) in [5.41, 5.74) is 1.11. The Balaban J connectivity index is 2.29. The minimum atomic E-state index is -0.314. The smallest absolute Gasteiger partial charge is 0.273 e. The first-order chi connectivity index (χ1) is 7.56. The zero-order valence-corrected chi connectivity index (χ0v) is 10.6. The van der Waals surface area contributed by atoms with Crippen molar-refractivity contribution in [1.29, 1.82) is 0 Å². The fraction of sp³-hybridized carbons (Fsp3) is 0.455. The van der Waals surface area contributed by atoms with Gasteiger partial charge >= 0.3 is 0 Å². The Hall–Kier alpha value is -0.940. The van der Waals surface area contributed by atoms with Crippen LogP contribution in [0.2, 0.25) is 0 Å². The van der Waals surface area contributed by atoms with E-state index in [0.29, 0.717) is 0 Å². The molecule has 0 atom stereocenters. The lowest BCUT2D eigenvalue weighted by Crippen LogP contribution is -2.29. The molecule has 1 aliphatic carbocycles. The second kappa shape index (κ2) is 4.14. The zero-order chi connectivity index (χ0) is 11.8. The molecule has 5 heteroatoms. The van der Waals surface area contributed by atoms with Gasteiger partial charge in [0.2, 0.25) is 0 Å². The number of hydrogen-bond acceptors (Lipinski definition) is 3. The van der Waals surface area contributed by atoms with Crippen LogP contribution in [0.1, 0.15) is 18.4 Å². The molecule has 0 aromatic heterocycles. The summed E-state index contributed by atoms with van der Waals surface area (Å²) in [6.45, 7) is 0. The molecule has 1 N–H and O–H groups in total. The van der Waals surface area contributed by atoms with Crippen molar-refractivity contribution in [2.45, 2.75) is 24.8 Å². The Kier molecular flexibility index (Phi) is 2.99. The van der Waals surface area contributed by atoms with Crippen LogP contribution in [-0.2, 0) is 6.42 Å². The first-order valence-electron chi connectivity index (χ1n) is 5.18. The van der Waals surface area contributed by atoms with E-state index in [1.165, 1.54) is 0 Å². The fourth-order valence-corrected chi connectivity index (χ4v) is 2.24. The Morgan fingerprint density at radius 2 is 2.25 bits per heavy atom. The Morgan fingerprint density at radius 3 is 2.75 bits per heavy atom. The van der Waals surface area contributed by atoms with Gasteiger partial charge in [-0.2, -0.15) is 0 Å². The highest BCUT2D eigenvalue weighted by atomic mass is 79.9. The van der Waals surface area contributed by atoms with Crippen molar-refractivity contribution in [2.24, 2.45) is 0 Å². The van der Waals surface area contributed by atoms with Crippen molar-refractivity contribution in [3.63, 3.8) is 0 Å². The summed E-state index contributed by atoms with van der Waals surface area (Å²) in [5, 5.41) is 14.2. The Bertz CT molecular complexity index is 430. The van der Waals surface area contributed by atoms with E-state index < -0.39 is 0 Å². The van der Waals surface area contributed by atoms with Gasteiger partial charge in [-0.15, -0.1) is 0 Å². The molecule has 0 aliphatic heterocycles. The Morgan fingerprint density at radius 1 is 1.56 bits per heavy atom. The van der Waals surface area contributed by atoms with Gasteiger partial charge in [-0.1, -0.05) is 22.0 Å². The van der Waals surface area contributed by atoms with Crippen LogP contribution < -0.4 is 5.32 Å². The highest BCUT2D eigenvalue weighted by molar-refractivity contribution is 9.10. The molecular weight excluding hydrogens is 272 g/mol. The van der Waals surface area contributed by atoms with Crippen LogP contribution in [0.5, 0.6) is 0 Å². The van der Waals surface area contributed by atoms with Crippen LogP contribution >= 0.6 is 15.9 Å². The highest BCUT2D eigenvalue weighted by Crippen LogP contribution is 2.40. The van der Waals surface area contributed by atoms with Crippen molar-refractivity contribution < 1.29 is 4.92 Å². The van der Waals surface area contributed by atoms with Gasteiger partial charge in [0.25, 0.3) is 5.69 Å². The molecule has 0 amide bonds. The quantitative estimate of drug-likeness (QED) is 0.683. The number of hydrogen-bond donors (Lipinski definition) is 1. The molecule has 16 heavy (non-hydrogen) atoms. The van der Waals surface area contributed by atoms with Crippen molar-refractivity contribution >= 4 is 21.6 Å². The van der Waals surface area contributed by atoms with E-state index in [2.05, 4.69) is 21.2 Å². The van der Waals surface area contributed by atoms with E-state index in [-0.39, 0.29) is 16.1 Å². The van der Waals surface area contributed by atoms with Crippen LogP contribution in [-0.4, -0.2) is 17.5 Å². The summed E-state index contributed by atoms with van der Waals surface area (Å²) < 4.78 is 0.747. The van der Waals surface area contributed by atoms with Crippen LogP contribution in [0, 0.1) is 10.1 Å². The third kappa shape index (κ3) is 2.25. The number of nitro groups is 1. The van der Waals surface area contributed by atoms with Gasteiger partial charge in [-0.05, 0) is 32.4 Å². The number of rotatable bonds is 4. The lowest BCUT2D eigenvalue weighted by atomic mass is 10.0. The van der Waals surface area contributed by atoms with E-state index in [4.69, 9.17) is 0 Å². The predicted octanol–water partition coefficient (Wildman–Crippen LogP) is 2.65. The molecule has 2 rings (SSSR count). The standard InChI is InChI=1S/C11H13BrN2O2/c1-13-11(4-5-11)7-8-2-3-9(12)6-10(8)14(15)16/h2-3,6,13H,4-5,7H2,1H3. The lowest BCUT2D eigenvalue weighted by Gasteiger charge is -2.13. The molecule has 1 aromatic rings. The molecule has 0 heterocycles. The molecule has 0 radical (unpaired) electrons. The fourth-order valence-electron chi connectivity index (χ4n) is 1.89. The molecule has 0 saturated heterocycles. The number of benzene rings is 1. The van der Waals surface area contributed by atoms with Crippen LogP contribution in [0.15, 0.2) is 22.7 Å². The molecule has 0 bridgehead atoms. The molecule has 1 aromatic carbocycles. The molecule has 1 aliphatic rings. The first kappa shape index (κ1) is 11.5. The van der Waals surface area contributed by atoms with Gasteiger partial charge in [-0.3, -0.25) is 10.1 Å². The average Bonchev–Trinajstić information content (AvgIpc) is 3.01. The maximum absolute atomic E-state index is 10.9. The number of nitrogens with one attached hydrogen (secondary N) is 1. The third-order valence-corrected chi connectivity index (χ3v) is 3.65. The third-order valence-electron chi connectivity index (χ3n) is 3.16. The van der Waals surface area contributed by atoms with Gasteiger partial charge in [0.05, 0.1) is 4.92 Å². The summed E-state index contributed by atoms with van der Waals surface area (Å²) in [6.07, 6.45) is 2.92. The first-order valence-corrected chi connectivity index (χ1v) is 5.97. The largest absolute Gasteiger partial charge is 0.314 e. The van der Waals surface area contributed by atoms with Gasteiger partial charge in [0, 0.05) is 21.6 Å². The van der Waals surface area contributed by atoms with Gasteiger partial charge in [0.1, 0.15) is 0 Å². The second-order valence-corrected chi connectivity index (χ2v) is 5.15. The van der Waals surface area contributed by atoms with Crippen molar-refractivity contribution in [1.82, 2.24) is 5.32 Å². The molecule has 0 spiro atoms. The minimum absolute atomic E-state index is 0.0958. The van der Waals surface area contributed by atoms with Crippen LogP contribution in [0.4, 0.5) is 5.69 Å². The van der Waals surface area contributed by atoms with Gasteiger partial charge in [0.15, 0.2) is 0 Å². The molecule has 4 nitrogen and oxygen atoms in total.